The number of alkyl halides is 2. The van der Waals surface area contributed by atoms with Crippen LogP contribution in [0.25, 0.3) is 10.8 Å². The molecule has 1 nitrogen and oxygen atoms in total. The zero-order valence-corrected chi connectivity index (χ0v) is 18.2. The summed E-state index contributed by atoms with van der Waals surface area (Å²) in [5.41, 5.74) is 0.886. The van der Waals surface area contributed by atoms with E-state index in [0.717, 1.165) is 42.2 Å². The molecule has 0 aromatic heterocycles. The van der Waals surface area contributed by atoms with Crippen molar-refractivity contribution in [2.45, 2.75) is 83.7 Å². The molecule has 0 bridgehead atoms. The fourth-order valence-corrected chi connectivity index (χ4v) is 6.08. The van der Waals surface area contributed by atoms with Crippen molar-refractivity contribution >= 4 is 10.8 Å². The summed E-state index contributed by atoms with van der Waals surface area (Å²) in [7, 11) is 0. The summed E-state index contributed by atoms with van der Waals surface area (Å²) in [6, 6.07) is 5.81. The number of hydrogen-bond acceptors (Lipinski definition) is 1. The van der Waals surface area contributed by atoms with E-state index in [1.54, 1.807) is 0 Å². The molecule has 31 heavy (non-hydrogen) atoms. The molecule has 2 aliphatic carbocycles. The Bertz CT molecular complexity index is 881. The van der Waals surface area contributed by atoms with Crippen LogP contribution in [0.3, 0.4) is 0 Å². The molecule has 170 valence electrons. The smallest absolute Gasteiger partial charge is 0.387 e. The molecule has 0 saturated heterocycles. The molecule has 4 rings (SSSR count). The summed E-state index contributed by atoms with van der Waals surface area (Å²) in [6.07, 6.45) is 12.5. The van der Waals surface area contributed by atoms with Crippen LogP contribution in [0.2, 0.25) is 0 Å². The van der Waals surface area contributed by atoms with Crippen LogP contribution in [0.4, 0.5) is 17.6 Å². The van der Waals surface area contributed by atoms with Crippen LogP contribution in [0.1, 0.15) is 82.6 Å². The Balaban J connectivity index is 1.42. The normalized spacial score (nSPS) is 27.0. The van der Waals surface area contributed by atoms with Crippen molar-refractivity contribution < 1.29 is 22.3 Å². The second kappa shape index (κ2) is 9.79. The van der Waals surface area contributed by atoms with Crippen molar-refractivity contribution in [2.24, 2.45) is 17.8 Å². The van der Waals surface area contributed by atoms with Gasteiger partial charge in [0.15, 0.2) is 11.6 Å². The van der Waals surface area contributed by atoms with E-state index in [4.69, 9.17) is 0 Å². The van der Waals surface area contributed by atoms with Gasteiger partial charge in [-0.3, -0.25) is 0 Å². The Morgan fingerprint density at radius 2 is 1.55 bits per heavy atom. The molecule has 0 unspecified atom stereocenters. The highest BCUT2D eigenvalue weighted by Gasteiger charge is 2.31. The standard InChI is InChI=1S/C26H32F4O/c1-2-3-16-4-6-17(7-5-16)18-8-10-19(11-9-18)21-14-20-12-13-23(31-26(29)30)25(28)24(20)22(27)15-21/h12-19,26H,2-11H2,1H3. The molecule has 2 saturated carbocycles. The predicted molar refractivity (Wildman–Crippen MR) is 116 cm³/mol. The lowest BCUT2D eigenvalue weighted by atomic mass is 9.68. The third kappa shape index (κ3) is 5.01. The lowest BCUT2D eigenvalue weighted by molar-refractivity contribution is -0.0520. The minimum absolute atomic E-state index is 0.270. The number of halogens is 4. The van der Waals surface area contributed by atoms with Crippen molar-refractivity contribution in [1.29, 1.82) is 0 Å². The lowest BCUT2D eigenvalue weighted by Crippen LogP contribution is -2.25. The molecule has 0 heterocycles. The van der Waals surface area contributed by atoms with Crippen LogP contribution in [0.5, 0.6) is 5.75 Å². The van der Waals surface area contributed by atoms with E-state index in [1.165, 1.54) is 63.5 Å². The van der Waals surface area contributed by atoms with Gasteiger partial charge in [0, 0.05) is 0 Å². The van der Waals surface area contributed by atoms with E-state index in [2.05, 4.69) is 11.7 Å². The quantitative estimate of drug-likeness (QED) is 0.412. The van der Waals surface area contributed by atoms with Crippen LogP contribution < -0.4 is 4.74 Å². The number of benzene rings is 2. The van der Waals surface area contributed by atoms with Gasteiger partial charge >= 0.3 is 6.61 Å². The van der Waals surface area contributed by atoms with Crippen molar-refractivity contribution in [1.82, 2.24) is 0 Å². The molecule has 0 N–H and O–H groups in total. The Morgan fingerprint density at radius 1 is 0.903 bits per heavy atom. The summed E-state index contributed by atoms with van der Waals surface area (Å²) in [6.45, 7) is -0.876. The van der Waals surface area contributed by atoms with Crippen molar-refractivity contribution in [3.63, 3.8) is 0 Å². The Hall–Kier alpha value is -1.78. The van der Waals surface area contributed by atoms with Gasteiger partial charge in [-0.05, 0) is 85.3 Å². The molecular formula is C26H32F4O. The second-order valence-electron chi connectivity index (χ2n) is 9.54. The van der Waals surface area contributed by atoms with Crippen LogP contribution in [0, 0.1) is 29.4 Å². The molecule has 0 radical (unpaired) electrons. The highest BCUT2D eigenvalue weighted by atomic mass is 19.3. The molecule has 0 spiro atoms. The Morgan fingerprint density at radius 3 is 2.16 bits per heavy atom. The first-order valence-electron chi connectivity index (χ1n) is 11.8. The van der Waals surface area contributed by atoms with Crippen LogP contribution in [-0.4, -0.2) is 6.61 Å². The maximum Gasteiger partial charge on any atom is 0.387 e. The largest absolute Gasteiger partial charge is 0.432 e. The zero-order valence-electron chi connectivity index (χ0n) is 18.2. The Kier molecular flexibility index (Phi) is 7.08. The van der Waals surface area contributed by atoms with Gasteiger partial charge in [-0.2, -0.15) is 8.78 Å². The zero-order chi connectivity index (χ0) is 22.0. The molecule has 5 heteroatoms. The summed E-state index contributed by atoms with van der Waals surface area (Å²) in [5.74, 6) is 0.408. The topological polar surface area (TPSA) is 9.23 Å². The molecular weight excluding hydrogens is 404 g/mol. The minimum Gasteiger partial charge on any atom is -0.432 e. The Labute approximate surface area is 182 Å². The van der Waals surface area contributed by atoms with E-state index < -0.39 is 24.0 Å². The molecule has 2 aliphatic rings. The van der Waals surface area contributed by atoms with Gasteiger partial charge < -0.3 is 4.74 Å². The first-order chi connectivity index (χ1) is 15.0. The van der Waals surface area contributed by atoms with E-state index >= 15 is 0 Å². The fourth-order valence-electron chi connectivity index (χ4n) is 6.08. The van der Waals surface area contributed by atoms with Gasteiger partial charge in [0.1, 0.15) is 5.82 Å². The van der Waals surface area contributed by atoms with Gasteiger partial charge in [0.05, 0.1) is 5.39 Å². The first kappa shape index (κ1) is 22.4. The monoisotopic (exact) mass is 436 g/mol. The minimum atomic E-state index is -3.15. The van der Waals surface area contributed by atoms with Gasteiger partial charge in [-0.25, -0.2) is 8.78 Å². The van der Waals surface area contributed by atoms with E-state index in [1.807, 2.05) is 6.07 Å². The predicted octanol–water partition coefficient (Wildman–Crippen LogP) is 8.60. The summed E-state index contributed by atoms with van der Waals surface area (Å²) >= 11 is 0. The third-order valence-electron chi connectivity index (χ3n) is 7.71. The van der Waals surface area contributed by atoms with Crippen molar-refractivity contribution in [3.8, 4) is 5.75 Å². The SMILES string of the molecule is CCCC1CCC(C2CCC(c3cc(F)c4c(F)c(OC(F)F)ccc4c3)CC2)CC1. The highest BCUT2D eigenvalue weighted by molar-refractivity contribution is 5.86. The first-order valence-corrected chi connectivity index (χ1v) is 11.8. The summed E-state index contributed by atoms with van der Waals surface area (Å²) in [4.78, 5) is 0. The van der Waals surface area contributed by atoms with Crippen molar-refractivity contribution in [3.05, 3.63) is 41.5 Å². The van der Waals surface area contributed by atoms with Crippen LogP contribution >= 0.6 is 0 Å². The number of hydrogen-bond donors (Lipinski definition) is 0. The third-order valence-corrected chi connectivity index (χ3v) is 7.71. The molecule has 0 atom stereocenters. The van der Waals surface area contributed by atoms with Crippen LogP contribution in [0.15, 0.2) is 24.3 Å². The van der Waals surface area contributed by atoms with E-state index in [-0.39, 0.29) is 11.3 Å². The number of ether oxygens (including phenoxy) is 1. The van der Waals surface area contributed by atoms with Crippen LogP contribution in [-0.2, 0) is 0 Å². The van der Waals surface area contributed by atoms with E-state index in [0.29, 0.717) is 5.39 Å². The van der Waals surface area contributed by atoms with Gasteiger partial charge in [-0.15, -0.1) is 0 Å². The van der Waals surface area contributed by atoms with Gasteiger partial charge in [0.2, 0.25) is 0 Å². The van der Waals surface area contributed by atoms with Crippen molar-refractivity contribution in [2.75, 3.05) is 0 Å². The molecule has 2 aromatic rings. The maximum absolute atomic E-state index is 14.8. The molecule has 2 fully saturated rings. The number of rotatable bonds is 6. The number of fused-ring (bicyclic) bond motifs is 1. The van der Waals surface area contributed by atoms with Gasteiger partial charge in [-0.1, -0.05) is 44.7 Å². The lowest BCUT2D eigenvalue weighted by Gasteiger charge is -2.38. The van der Waals surface area contributed by atoms with Gasteiger partial charge in [0.25, 0.3) is 0 Å². The average Bonchev–Trinajstić information content (AvgIpc) is 2.76. The average molecular weight is 437 g/mol. The highest BCUT2D eigenvalue weighted by Crippen LogP contribution is 2.45. The molecule has 0 aliphatic heterocycles. The molecule has 2 aromatic carbocycles. The maximum atomic E-state index is 14.8. The summed E-state index contributed by atoms with van der Waals surface area (Å²) < 4.78 is 58.3. The van der Waals surface area contributed by atoms with E-state index in [9.17, 15) is 17.6 Å². The summed E-state index contributed by atoms with van der Waals surface area (Å²) in [5, 5.41) is 0.116. The molecule has 0 amide bonds. The fraction of sp³-hybridized carbons (Fsp3) is 0.615. The second-order valence-corrected chi connectivity index (χ2v) is 9.54.